The van der Waals surface area contributed by atoms with E-state index in [9.17, 15) is 0 Å². The molecule has 0 radical (unpaired) electrons. The fourth-order valence-corrected chi connectivity index (χ4v) is 2.22. The van der Waals surface area contributed by atoms with Crippen LogP contribution in [0.2, 0.25) is 0 Å². The summed E-state index contributed by atoms with van der Waals surface area (Å²) in [6.45, 7) is 3.93. The van der Waals surface area contributed by atoms with Gasteiger partial charge in [0.1, 0.15) is 24.7 Å². The van der Waals surface area contributed by atoms with Crippen molar-refractivity contribution in [1.29, 1.82) is 0 Å². The molecule has 0 saturated carbocycles. The Labute approximate surface area is 134 Å². The topological polar surface area (TPSA) is 30.5 Å². The van der Waals surface area contributed by atoms with Crippen LogP contribution in [0.1, 0.15) is 11.1 Å². The smallest absolute Gasteiger partial charge is 0.122 e. The van der Waals surface area contributed by atoms with Crippen molar-refractivity contribution in [1.82, 2.24) is 5.32 Å². The number of rotatable bonds is 7. The van der Waals surface area contributed by atoms with Crippen molar-refractivity contribution >= 4 is 15.9 Å². The van der Waals surface area contributed by atoms with Crippen LogP contribution in [0, 0.1) is 6.92 Å². The highest BCUT2D eigenvalue weighted by Crippen LogP contribution is 2.21. The second-order valence-electron chi connectivity index (χ2n) is 4.79. The molecule has 0 fully saturated rings. The van der Waals surface area contributed by atoms with Gasteiger partial charge in [0, 0.05) is 11.0 Å². The molecule has 0 atom stereocenters. The monoisotopic (exact) mass is 349 g/mol. The van der Waals surface area contributed by atoms with Gasteiger partial charge in [-0.2, -0.15) is 0 Å². The van der Waals surface area contributed by atoms with E-state index in [-0.39, 0.29) is 0 Å². The van der Waals surface area contributed by atoms with Gasteiger partial charge in [0.15, 0.2) is 0 Å². The zero-order chi connectivity index (χ0) is 15.1. The van der Waals surface area contributed by atoms with Crippen molar-refractivity contribution in [2.45, 2.75) is 13.5 Å². The van der Waals surface area contributed by atoms with E-state index in [1.54, 1.807) is 0 Å². The minimum absolute atomic E-state index is 0.525. The first kappa shape index (κ1) is 15.9. The van der Waals surface area contributed by atoms with E-state index in [1.807, 2.05) is 50.4 Å². The standard InChI is InChI=1S/C17H20BrNO2/c1-13-10-16(6-7-17(13)18)21-9-8-20-15-5-3-4-14(11-15)12-19-2/h3-7,10-11,19H,8-9,12H2,1-2H3. The molecule has 0 heterocycles. The number of hydrogen-bond donors (Lipinski definition) is 1. The number of aryl methyl sites for hydroxylation is 1. The number of hydrogen-bond acceptors (Lipinski definition) is 3. The summed E-state index contributed by atoms with van der Waals surface area (Å²) in [7, 11) is 1.93. The highest BCUT2D eigenvalue weighted by Gasteiger charge is 2.00. The lowest BCUT2D eigenvalue weighted by molar-refractivity contribution is 0.217. The average Bonchev–Trinajstić information content (AvgIpc) is 2.48. The molecule has 2 aromatic rings. The Morgan fingerprint density at radius 1 is 1.00 bits per heavy atom. The van der Waals surface area contributed by atoms with Crippen LogP contribution < -0.4 is 14.8 Å². The minimum Gasteiger partial charge on any atom is -0.490 e. The molecule has 1 N–H and O–H groups in total. The molecule has 3 nitrogen and oxygen atoms in total. The predicted octanol–water partition coefficient (Wildman–Crippen LogP) is 3.93. The Morgan fingerprint density at radius 2 is 1.71 bits per heavy atom. The summed E-state index contributed by atoms with van der Waals surface area (Å²) in [5.41, 5.74) is 2.37. The van der Waals surface area contributed by atoms with E-state index in [0.717, 1.165) is 28.1 Å². The van der Waals surface area contributed by atoms with Crippen LogP contribution in [0.15, 0.2) is 46.9 Å². The molecule has 21 heavy (non-hydrogen) atoms. The third-order valence-corrected chi connectivity index (χ3v) is 3.92. The summed E-state index contributed by atoms with van der Waals surface area (Å²) >= 11 is 3.48. The van der Waals surface area contributed by atoms with Gasteiger partial charge < -0.3 is 14.8 Å². The van der Waals surface area contributed by atoms with Crippen LogP contribution in [0.4, 0.5) is 0 Å². The van der Waals surface area contributed by atoms with Crippen LogP contribution in [0.25, 0.3) is 0 Å². The first-order chi connectivity index (χ1) is 10.2. The number of ether oxygens (including phenoxy) is 2. The molecule has 0 aliphatic carbocycles. The molecule has 0 aliphatic rings. The van der Waals surface area contributed by atoms with Gasteiger partial charge >= 0.3 is 0 Å². The van der Waals surface area contributed by atoms with E-state index >= 15 is 0 Å². The summed E-state index contributed by atoms with van der Waals surface area (Å²) in [6.07, 6.45) is 0. The van der Waals surface area contributed by atoms with E-state index in [1.165, 1.54) is 5.56 Å². The maximum atomic E-state index is 5.71. The van der Waals surface area contributed by atoms with E-state index in [2.05, 4.69) is 27.3 Å². The molecular formula is C17H20BrNO2. The fraction of sp³-hybridized carbons (Fsp3) is 0.294. The highest BCUT2D eigenvalue weighted by atomic mass is 79.9. The van der Waals surface area contributed by atoms with Gasteiger partial charge in [-0.1, -0.05) is 28.1 Å². The molecule has 0 unspecified atom stereocenters. The molecule has 2 aromatic carbocycles. The van der Waals surface area contributed by atoms with Crippen molar-refractivity contribution in [2.24, 2.45) is 0 Å². The second-order valence-corrected chi connectivity index (χ2v) is 5.64. The van der Waals surface area contributed by atoms with Gasteiger partial charge in [0.25, 0.3) is 0 Å². The average molecular weight is 350 g/mol. The lowest BCUT2D eigenvalue weighted by Crippen LogP contribution is -2.10. The van der Waals surface area contributed by atoms with Crippen LogP contribution in [0.3, 0.4) is 0 Å². The summed E-state index contributed by atoms with van der Waals surface area (Å²) < 4.78 is 12.5. The summed E-state index contributed by atoms with van der Waals surface area (Å²) in [6, 6.07) is 14.0. The zero-order valence-electron chi connectivity index (χ0n) is 12.4. The number of benzene rings is 2. The van der Waals surface area contributed by atoms with Crippen molar-refractivity contribution in [3.63, 3.8) is 0 Å². The summed E-state index contributed by atoms with van der Waals surface area (Å²) in [5.74, 6) is 1.74. The second kappa shape index (κ2) is 8.05. The minimum atomic E-state index is 0.525. The normalized spacial score (nSPS) is 10.4. The molecule has 0 amide bonds. The quantitative estimate of drug-likeness (QED) is 0.768. The molecule has 0 aliphatic heterocycles. The lowest BCUT2D eigenvalue weighted by atomic mass is 10.2. The molecule has 0 spiro atoms. The van der Waals surface area contributed by atoms with Crippen LogP contribution >= 0.6 is 15.9 Å². The Bertz CT molecular complexity index is 587. The molecule has 2 rings (SSSR count). The predicted molar refractivity (Wildman–Crippen MR) is 89.1 cm³/mol. The highest BCUT2D eigenvalue weighted by molar-refractivity contribution is 9.10. The van der Waals surface area contributed by atoms with Gasteiger partial charge in [-0.25, -0.2) is 0 Å². The molecule has 0 aromatic heterocycles. The van der Waals surface area contributed by atoms with Crippen molar-refractivity contribution in [2.75, 3.05) is 20.3 Å². The maximum Gasteiger partial charge on any atom is 0.122 e. The number of nitrogens with one attached hydrogen (secondary N) is 1. The van der Waals surface area contributed by atoms with Gasteiger partial charge in [-0.05, 0) is 55.4 Å². The first-order valence-corrected chi connectivity index (χ1v) is 7.73. The van der Waals surface area contributed by atoms with E-state index < -0.39 is 0 Å². The third kappa shape index (κ3) is 5.06. The van der Waals surface area contributed by atoms with Gasteiger partial charge in [0.2, 0.25) is 0 Å². The Morgan fingerprint density at radius 3 is 2.38 bits per heavy atom. The Balaban J connectivity index is 1.79. The van der Waals surface area contributed by atoms with Gasteiger partial charge in [-0.15, -0.1) is 0 Å². The lowest BCUT2D eigenvalue weighted by Gasteiger charge is -2.10. The molecule has 112 valence electrons. The molecule has 0 bridgehead atoms. The van der Waals surface area contributed by atoms with E-state index in [4.69, 9.17) is 9.47 Å². The summed E-state index contributed by atoms with van der Waals surface area (Å²) in [4.78, 5) is 0. The van der Waals surface area contributed by atoms with Crippen molar-refractivity contribution < 1.29 is 9.47 Å². The van der Waals surface area contributed by atoms with Gasteiger partial charge in [-0.3, -0.25) is 0 Å². The number of halogens is 1. The fourth-order valence-electron chi connectivity index (χ4n) is 1.98. The van der Waals surface area contributed by atoms with Gasteiger partial charge in [0.05, 0.1) is 0 Å². The van der Waals surface area contributed by atoms with Crippen molar-refractivity contribution in [3.05, 3.63) is 58.1 Å². The SMILES string of the molecule is CNCc1cccc(OCCOc2ccc(Br)c(C)c2)c1. The molecule has 0 saturated heterocycles. The van der Waals surface area contributed by atoms with Crippen LogP contribution in [0.5, 0.6) is 11.5 Å². The largest absolute Gasteiger partial charge is 0.490 e. The first-order valence-electron chi connectivity index (χ1n) is 6.94. The van der Waals surface area contributed by atoms with Crippen LogP contribution in [-0.4, -0.2) is 20.3 Å². The van der Waals surface area contributed by atoms with Crippen molar-refractivity contribution in [3.8, 4) is 11.5 Å². The Hall–Kier alpha value is -1.52. The third-order valence-electron chi connectivity index (χ3n) is 3.03. The van der Waals surface area contributed by atoms with E-state index in [0.29, 0.717) is 13.2 Å². The molecular weight excluding hydrogens is 330 g/mol. The maximum absolute atomic E-state index is 5.71. The molecule has 4 heteroatoms. The zero-order valence-corrected chi connectivity index (χ0v) is 13.9. The van der Waals surface area contributed by atoms with Crippen LogP contribution in [-0.2, 0) is 6.54 Å². The summed E-state index contributed by atoms with van der Waals surface area (Å²) in [5, 5.41) is 3.13. The Kier molecular flexibility index (Phi) is 6.08.